The zero-order chi connectivity index (χ0) is 13.2. The maximum absolute atomic E-state index is 4.22. The van der Waals surface area contributed by atoms with Crippen molar-refractivity contribution in [3.8, 4) is 0 Å². The Balaban J connectivity index is 1.58. The summed E-state index contributed by atoms with van der Waals surface area (Å²) in [6.07, 6.45) is 6.18. The molecule has 3 rings (SSSR count). The largest absolute Gasteiger partial charge is 0.381 e. The molecule has 1 heterocycles. The SMILES string of the molecule is Cc1cncc(NC2CC(c3cccc(Br)c3)C2)c1. The van der Waals surface area contributed by atoms with Crippen LogP contribution in [-0.2, 0) is 0 Å². The molecule has 2 aromatic rings. The molecule has 1 aliphatic carbocycles. The molecule has 0 amide bonds. The highest BCUT2D eigenvalue weighted by Crippen LogP contribution is 2.39. The lowest BCUT2D eigenvalue weighted by Crippen LogP contribution is -2.34. The number of aryl methyl sites for hydroxylation is 1. The van der Waals surface area contributed by atoms with E-state index >= 15 is 0 Å². The Kier molecular flexibility index (Phi) is 3.56. The highest BCUT2D eigenvalue weighted by Gasteiger charge is 2.30. The molecule has 1 aliphatic rings. The lowest BCUT2D eigenvalue weighted by atomic mass is 9.76. The predicted molar refractivity (Wildman–Crippen MR) is 82.5 cm³/mol. The first-order chi connectivity index (χ1) is 9.20. The summed E-state index contributed by atoms with van der Waals surface area (Å²) in [4.78, 5) is 4.22. The first kappa shape index (κ1) is 12.7. The summed E-state index contributed by atoms with van der Waals surface area (Å²) in [5, 5.41) is 3.56. The van der Waals surface area contributed by atoms with Crippen molar-refractivity contribution < 1.29 is 0 Å². The van der Waals surface area contributed by atoms with Crippen LogP contribution < -0.4 is 5.32 Å². The van der Waals surface area contributed by atoms with Crippen LogP contribution in [0.25, 0.3) is 0 Å². The number of nitrogens with one attached hydrogen (secondary N) is 1. The quantitative estimate of drug-likeness (QED) is 0.901. The van der Waals surface area contributed by atoms with Crippen molar-refractivity contribution in [3.05, 3.63) is 58.3 Å². The molecule has 98 valence electrons. The summed E-state index contributed by atoms with van der Waals surface area (Å²) in [5.41, 5.74) is 3.78. The van der Waals surface area contributed by atoms with Crippen LogP contribution in [0.4, 0.5) is 5.69 Å². The summed E-state index contributed by atoms with van der Waals surface area (Å²) in [6.45, 7) is 2.07. The maximum Gasteiger partial charge on any atom is 0.0531 e. The Bertz CT molecular complexity index is 576. The Labute approximate surface area is 122 Å². The van der Waals surface area contributed by atoms with Crippen LogP contribution in [0.3, 0.4) is 0 Å². The molecule has 19 heavy (non-hydrogen) atoms. The molecule has 1 aromatic heterocycles. The molecule has 2 nitrogen and oxygen atoms in total. The van der Waals surface area contributed by atoms with E-state index in [4.69, 9.17) is 0 Å². The van der Waals surface area contributed by atoms with Crippen LogP contribution in [0.1, 0.15) is 29.9 Å². The van der Waals surface area contributed by atoms with E-state index in [0.29, 0.717) is 12.0 Å². The average Bonchev–Trinajstić information content (AvgIpc) is 2.33. The smallest absolute Gasteiger partial charge is 0.0531 e. The molecule has 1 saturated carbocycles. The van der Waals surface area contributed by atoms with Crippen LogP contribution in [0, 0.1) is 6.92 Å². The Morgan fingerprint density at radius 1 is 1.21 bits per heavy atom. The minimum absolute atomic E-state index is 0.576. The Hall–Kier alpha value is -1.35. The van der Waals surface area contributed by atoms with E-state index in [1.165, 1.54) is 28.4 Å². The molecular formula is C16H17BrN2. The van der Waals surface area contributed by atoms with Gasteiger partial charge in [0.1, 0.15) is 0 Å². The first-order valence-electron chi connectivity index (χ1n) is 6.64. The number of benzene rings is 1. The van der Waals surface area contributed by atoms with Crippen LogP contribution in [0.2, 0.25) is 0 Å². The van der Waals surface area contributed by atoms with Crippen molar-refractivity contribution in [2.24, 2.45) is 0 Å². The summed E-state index contributed by atoms with van der Waals surface area (Å²) >= 11 is 3.54. The van der Waals surface area contributed by atoms with Gasteiger partial charge in [0.15, 0.2) is 0 Å². The Morgan fingerprint density at radius 2 is 2.05 bits per heavy atom. The van der Waals surface area contributed by atoms with Gasteiger partial charge in [-0.2, -0.15) is 0 Å². The Morgan fingerprint density at radius 3 is 2.79 bits per heavy atom. The molecule has 0 unspecified atom stereocenters. The monoisotopic (exact) mass is 316 g/mol. The number of rotatable bonds is 3. The molecule has 0 aliphatic heterocycles. The zero-order valence-corrected chi connectivity index (χ0v) is 12.5. The molecule has 0 radical (unpaired) electrons. The fourth-order valence-electron chi connectivity index (χ4n) is 2.64. The molecule has 0 bridgehead atoms. The number of pyridine rings is 1. The molecular weight excluding hydrogens is 300 g/mol. The van der Waals surface area contributed by atoms with Crippen molar-refractivity contribution in [3.63, 3.8) is 0 Å². The van der Waals surface area contributed by atoms with Crippen molar-refractivity contribution in [2.45, 2.75) is 31.7 Å². The molecule has 3 heteroatoms. The highest BCUT2D eigenvalue weighted by molar-refractivity contribution is 9.10. The minimum atomic E-state index is 0.576. The van der Waals surface area contributed by atoms with Crippen molar-refractivity contribution in [2.75, 3.05) is 5.32 Å². The van der Waals surface area contributed by atoms with Crippen molar-refractivity contribution >= 4 is 21.6 Å². The van der Waals surface area contributed by atoms with E-state index in [9.17, 15) is 0 Å². The van der Waals surface area contributed by atoms with Gasteiger partial charge >= 0.3 is 0 Å². The third-order valence-corrected chi connectivity index (χ3v) is 4.20. The molecule has 0 atom stereocenters. The predicted octanol–water partition coefficient (Wildman–Crippen LogP) is 4.51. The van der Waals surface area contributed by atoms with Gasteiger partial charge in [-0.3, -0.25) is 4.98 Å². The summed E-state index contributed by atoms with van der Waals surface area (Å²) < 4.78 is 1.17. The molecule has 0 saturated heterocycles. The van der Waals surface area contributed by atoms with Gasteiger partial charge in [0, 0.05) is 22.9 Å². The zero-order valence-electron chi connectivity index (χ0n) is 10.9. The highest BCUT2D eigenvalue weighted by atomic mass is 79.9. The van der Waals surface area contributed by atoms with Crippen LogP contribution in [0.5, 0.6) is 0 Å². The van der Waals surface area contributed by atoms with E-state index in [1.54, 1.807) is 0 Å². The first-order valence-corrected chi connectivity index (χ1v) is 7.43. The third kappa shape index (κ3) is 2.98. The van der Waals surface area contributed by atoms with Gasteiger partial charge in [-0.15, -0.1) is 0 Å². The molecule has 1 aromatic carbocycles. The average molecular weight is 317 g/mol. The van der Waals surface area contributed by atoms with E-state index in [0.717, 1.165) is 5.69 Å². The normalized spacial score (nSPS) is 21.8. The van der Waals surface area contributed by atoms with Gasteiger partial charge in [-0.05, 0) is 55.0 Å². The molecule has 1 fully saturated rings. The van der Waals surface area contributed by atoms with E-state index < -0.39 is 0 Å². The van der Waals surface area contributed by atoms with Gasteiger partial charge in [0.05, 0.1) is 5.69 Å². The molecule has 1 N–H and O–H groups in total. The second kappa shape index (κ2) is 5.33. The van der Waals surface area contributed by atoms with Gasteiger partial charge in [0.2, 0.25) is 0 Å². The number of anilines is 1. The van der Waals surface area contributed by atoms with Gasteiger partial charge in [-0.25, -0.2) is 0 Å². The van der Waals surface area contributed by atoms with Crippen LogP contribution in [0.15, 0.2) is 47.2 Å². The maximum atomic E-state index is 4.22. The second-order valence-corrected chi connectivity index (χ2v) is 6.23. The number of halogens is 1. The van der Waals surface area contributed by atoms with Gasteiger partial charge < -0.3 is 5.32 Å². The van der Waals surface area contributed by atoms with Gasteiger partial charge in [-0.1, -0.05) is 28.1 Å². The third-order valence-electron chi connectivity index (χ3n) is 3.70. The lowest BCUT2D eigenvalue weighted by Gasteiger charge is -2.37. The van der Waals surface area contributed by atoms with E-state index in [2.05, 4.69) is 63.5 Å². The summed E-state index contributed by atoms with van der Waals surface area (Å²) in [7, 11) is 0. The van der Waals surface area contributed by atoms with Crippen molar-refractivity contribution in [1.82, 2.24) is 4.98 Å². The van der Waals surface area contributed by atoms with E-state index in [-0.39, 0.29) is 0 Å². The summed E-state index contributed by atoms with van der Waals surface area (Å²) in [5.74, 6) is 0.688. The van der Waals surface area contributed by atoms with Crippen molar-refractivity contribution in [1.29, 1.82) is 0 Å². The number of nitrogens with zero attached hydrogens (tertiary/aromatic N) is 1. The number of hydrogen-bond donors (Lipinski definition) is 1. The second-order valence-electron chi connectivity index (χ2n) is 5.32. The van der Waals surface area contributed by atoms with Crippen LogP contribution in [-0.4, -0.2) is 11.0 Å². The molecule has 0 spiro atoms. The van der Waals surface area contributed by atoms with Gasteiger partial charge in [0.25, 0.3) is 0 Å². The lowest BCUT2D eigenvalue weighted by molar-refractivity contribution is 0.374. The van der Waals surface area contributed by atoms with Crippen LogP contribution >= 0.6 is 15.9 Å². The standard InChI is InChI=1S/C16H17BrN2/c1-11-5-16(10-18-9-11)19-15-7-13(8-15)12-3-2-4-14(17)6-12/h2-6,9-10,13,15,19H,7-8H2,1H3. The fraction of sp³-hybridized carbons (Fsp3) is 0.312. The van der Waals surface area contributed by atoms with E-state index in [1.807, 2.05) is 12.4 Å². The number of hydrogen-bond acceptors (Lipinski definition) is 2. The minimum Gasteiger partial charge on any atom is -0.381 e. The fourth-order valence-corrected chi connectivity index (χ4v) is 3.05. The summed E-state index contributed by atoms with van der Waals surface area (Å²) in [6, 6.07) is 11.4. The topological polar surface area (TPSA) is 24.9 Å². The number of aromatic nitrogens is 1.